The number of carbonyl (C=O) groups excluding carboxylic acids is 3. The molecule has 3 heterocycles. The molecule has 4 rings (SSSR count). The van der Waals surface area contributed by atoms with Crippen LogP contribution < -0.4 is 5.32 Å². The van der Waals surface area contributed by atoms with Crippen molar-refractivity contribution in [3.05, 3.63) is 54.5 Å². The summed E-state index contributed by atoms with van der Waals surface area (Å²) in [5, 5.41) is 7.14. The molecular weight excluding hydrogens is 394 g/mol. The highest BCUT2D eigenvalue weighted by Crippen LogP contribution is 2.37. The van der Waals surface area contributed by atoms with Gasteiger partial charge in [-0.05, 0) is 37.3 Å². The Morgan fingerprint density at radius 3 is 2.45 bits per heavy atom. The maximum absolute atomic E-state index is 13.2. The summed E-state index contributed by atoms with van der Waals surface area (Å²) in [5.74, 6) is -0.682. The van der Waals surface area contributed by atoms with Gasteiger partial charge in [0.2, 0.25) is 17.7 Å². The van der Waals surface area contributed by atoms with E-state index in [1.54, 1.807) is 35.4 Å². The number of carbonyl (C=O) groups is 3. The highest BCUT2D eigenvalue weighted by Gasteiger charge is 2.51. The Bertz CT molecular complexity index is 972. The summed E-state index contributed by atoms with van der Waals surface area (Å²) in [4.78, 5) is 44.9. The summed E-state index contributed by atoms with van der Waals surface area (Å²) in [6.45, 7) is 4.19. The lowest BCUT2D eigenvalue weighted by Crippen LogP contribution is -2.50. The predicted molar refractivity (Wildman–Crippen MR) is 114 cm³/mol. The summed E-state index contributed by atoms with van der Waals surface area (Å²) in [6, 6.07) is 4.66. The van der Waals surface area contributed by atoms with E-state index in [0.717, 1.165) is 5.56 Å². The van der Waals surface area contributed by atoms with Gasteiger partial charge in [-0.3, -0.25) is 19.3 Å². The van der Waals surface area contributed by atoms with Crippen molar-refractivity contribution in [2.75, 3.05) is 0 Å². The number of rotatable bonds is 7. The number of aromatic nitrogens is 3. The van der Waals surface area contributed by atoms with Gasteiger partial charge in [-0.15, -0.1) is 0 Å². The summed E-state index contributed by atoms with van der Waals surface area (Å²) in [5.41, 5.74) is 0.791. The molecule has 0 aromatic carbocycles. The van der Waals surface area contributed by atoms with Crippen LogP contribution >= 0.6 is 0 Å². The molecule has 31 heavy (non-hydrogen) atoms. The Morgan fingerprint density at radius 1 is 1.13 bits per heavy atom. The third-order valence-electron chi connectivity index (χ3n) is 5.89. The Kier molecular flexibility index (Phi) is 5.97. The third-order valence-corrected chi connectivity index (χ3v) is 5.89. The van der Waals surface area contributed by atoms with Crippen molar-refractivity contribution < 1.29 is 14.4 Å². The fourth-order valence-corrected chi connectivity index (χ4v) is 4.38. The van der Waals surface area contributed by atoms with Gasteiger partial charge < -0.3 is 5.32 Å². The number of nitrogens with one attached hydrogen (secondary N) is 1. The molecule has 3 amide bonds. The number of imide groups is 1. The van der Waals surface area contributed by atoms with Crippen molar-refractivity contribution in [2.45, 2.75) is 45.7 Å². The molecule has 0 spiro atoms. The van der Waals surface area contributed by atoms with Crippen LogP contribution in [-0.2, 0) is 20.9 Å². The number of pyridine rings is 1. The molecule has 8 nitrogen and oxygen atoms in total. The third kappa shape index (κ3) is 4.15. The van der Waals surface area contributed by atoms with Crippen LogP contribution in [0.4, 0.5) is 0 Å². The van der Waals surface area contributed by atoms with E-state index in [1.165, 1.54) is 4.90 Å². The van der Waals surface area contributed by atoms with Gasteiger partial charge in [-0.2, -0.15) is 5.10 Å². The first-order valence-electron chi connectivity index (χ1n) is 10.7. The lowest BCUT2D eigenvalue weighted by Gasteiger charge is -2.27. The van der Waals surface area contributed by atoms with Crippen molar-refractivity contribution in [1.82, 2.24) is 25.0 Å². The predicted octanol–water partition coefficient (Wildman–Crippen LogP) is 2.25. The zero-order valence-corrected chi connectivity index (χ0v) is 17.8. The summed E-state index contributed by atoms with van der Waals surface area (Å²) in [7, 11) is 0. The van der Waals surface area contributed by atoms with E-state index < -0.39 is 6.04 Å². The van der Waals surface area contributed by atoms with Gasteiger partial charge in [0, 0.05) is 30.7 Å². The second-order valence-electron chi connectivity index (χ2n) is 8.50. The van der Waals surface area contributed by atoms with Gasteiger partial charge in [0.15, 0.2) is 5.82 Å². The standard InChI is InChI=1S/C23H27N5O3/c1-15(2)13-19(28-22(30)17-8-3-4-9-18(17)23(28)31)21(29)25-14-16-7-5-10-24-20(16)27-12-6-11-26-27/h3-7,10-12,15,17-19H,8-9,13-14H2,1-2H3,(H,25,29)/t17-,18-,19+/m0/s1. The largest absolute Gasteiger partial charge is 0.350 e. The molecule has 162 valence electrons. The SMILES string of the molecule is CC(C)C[C@H](C(=O)NCc1cccnc1-n1cccn1)N1C(=O)[C@H]2CC=CC[C@@H]2C1=O. The average Bonchev–Trinajstić information content (AvgIpc) is 3.39. The smallest absolute Gasteiger partial charge is 0.243 e. The van der Waals surface area contributed by atoms with Gasteiger partial charge in [0.05, 0.1) is 11.8 Å². The Labute approximate surface area is 181 Å². The molecule has 1 fully saturated rings. The molecule has 1 aliphatic carbocycles. The van der Waals surface area contributed by atoms with E-state index in [9.17, 15) is 14.4 Å². The fourth-order valence-electron chi connectivity index (χ4n) is 4.38. The normalized spacial score (nSPS) is 21.5. The van der Waals surface area contributed by atoms with E-state index in [0.29, 0.717) is 25.1 Å². The summed E-state index contributed by atoms with van der Waals surface area (Å²) in [6.07, 6.45) is 10.6. The lowest BCUT2D eigenvalue weighted by molar-refractivity contribution is -0.148. The number of fused-ring (bicyclic) bond motifs is 1. The molecule has 2 aliphatic rings. The maximum Gasteiger partial charge on any atom is 0.243 e. The Balaban J connectivity index is 1.53. The number of hydrogen-bond donors (Lipinski definition) is 1. The minimum Gasteiger partial charge on any atom is -0.350 e. The molecule has 2 aromatic heterocycles. The van der Waals surface area contributed by atoms with Crippen LogP contribution in [-0.4, -0.2) is 43.4 Å². The molecular formula is C23H27N5O3. The Morgan fingerprint density at radius 2 is 1.84 bits per heavy atom. The minimum absolute atomic E-state index is 0.148. The van der Waals surface area contributed by atoms with Gasteiger partial charge in [-0.25, -0.2) is 9.67 Å². The van der Waals surface area contributed by atoms with E-state index in [2.05, 4.69) is 15.4 Å². The van der Waals surface area contributed by atoms with Crippen molar-refractivity contribution >= 4 is 17.7 Å². The van der Waals surface area contributed by atoms with Crippen molar-refractivity contribution in [3.63, 3.8) is 0 Å². The van der Waals surface area contributed by atoms with Crippen LogP contribution in [0, 0.1) is 17.8 Å². The van der Waals surface area contributed by atoms with Crippen molar-refractivity contribution in [2.24, 2.45) is 17.8 Å². The molecule has 2 aromatic rings. The van der Waals surface area contributed by atoms with Crippen LogP contribution in [0.1, 0.15) is 38.7 Å². The maximum atomic E-state index is 13.2. The highest BCUT2D eigenvalue weighted by atomic mass is 16.2. The molecule has 8 heteroatoms. The first-order valence-corrected chi connectivity index (χ1v) is 10.7. The van der Waals surface area contributed by atoms with E-state index in [-0.39, 0.29) is 42.0 Å². The van der Waals surface area contributed by atoms with Gasteiger partial charge in [0.1, 0.15) is 6.04 Å². The first kappa shape index (κ1) is 21.0. The number of amides is 3. The van der Waals surface area contributed by atoms with Crippen LogP contribution in [0.3, 0.4) is 0 Å². The minimum atomic E-state index is -0.810. The van der Waals surface area contributed by atoms with Crippen molar-refractivity contribution in [3.8, 4) is 5.82 Å². The zero-order valence-electron chi connectivity index (χ0n) is 17.8. The van der Waals surface area contributed by atoms with Gasteiger partial charge >= 0.3 is 0 Å². The average molecular weight is 422 g/mol. The van der Waals surface area contributed by atoms with E-state index in [4.69, 9.17) is 0 Å². The molecule has 0 unspecified atom stereocenters. The first-order chi connectivity index (χ1) is 15.0. The summed E-state index contributed by atoms with van der Waals surface area (Å²) >= 11 is 0. The van der Waals surface area contributed by atoms with Crippen LogP contribution in [0.15, 0.2) is 48.9 Å². The zero-order chi connectivity index (χ0) is 22.0. The fraction of sp³-hybridized carbons (Fsp3) is 0.435. The van der Waals surface area contributed by atoms with E-state index >= 15 is 0 Å². The van der Waals surface area contributed by atoms with Gasteiger partial charge in [-0.1, -0.05) is 32.1 Å². The number of likely N-dealkylation sites (tertiary alicyclic amines) is 1. The van der Waals surface area contributed by atoms with Crippen LogP contribution in [0.2, 0.25) is 0 Å². The van der Waals surface area contributed by atoms with E-state index in [1.807, 2.05) is 32.1 Å². The van der Waals surface area contributed by atoms with Crippen molar-refractivity contribution in [1.29, 1.82) is 0 Å². The molecule has 0 saturated carbocycles. The second kappa shape index (κ2) is 8.83. The number of nitrogens with zero attached hydrogens (tertiary/aromatic N) is 4. The highest BCUT2D eigenvalue weighted by molar-refractivity contribution is 6.08. The quantitative estimate of drug-likeness (QED) is 0.546. The number of hydrogen-bond acceptors (Lipinski definition) is 5. The topological polar surface area (TPSA) is 97.2 Å². The van der Waals surface area contributed by atoms with Crippen LogP contribution in [0.5, 0.6) is 0 Å². The Hall–Kier alpha value is -3.29. The van der Waals surface area contributed by atoms with Gasteiger partial charge in [0.25, 0.3) is 0 Å². The second-order valence-corrected chi connectivity index (χ2v) is 8.50. The molecule has 1 N–H and O–H groups in total. The molecule has 1 aliphatic heterocycles. The lowest BCUT2D eigenvalue weighted by atomic mass is 9.85. The molecule has 1 saturated heterocycles. The molecule has 0 radical (unpaired) electrons. The number of allylic oxidation sites excluding steroid dienone is 2. The molecule has 0 bridgehead atoms. The monoisotopic (exact) mass is 421 g/mol. The van der Waals surface area contributed by atoms with Crippen LogP contribution in [0.25, 0.3) is 5.82 Å². The molecule has 3 atom stereocenters. The summed E-state index contributed by atoms with van der Waals surface area (Å²) < 4.78 is 1.64.